The Morgan fingerprint density at radius 2 is 1.66 bits per heavy atom. The van der Waals surface area contributed by atoms with Crippen LogP contribution in [0.5, 0.6) is 5.75 Å². The highest BCUT2D eigenvalue weighted by Crippen LogP contribution is 2.44. The van der Waals surface area contributed by atoms with Crippen molar-refractivity contribution in [2.24, 2.45) is 5.41 Å². The summed E-state index contributed by atoms with van der Waals surface area (Å²) in [6.45, 7) is 8.54. The van der Waals surface area contributed by atoms with Crippen molar-refractivity contribution in [3.8, 4) is 5.75 Å². The second kappa shape index (κ2) is 9.04. The van der Waals surface area contributed by atoms with Gasteiger partial charge >= 0.3 is 12.3 Å². The van der Waals surface area contributed by atoms with E-state index in [1.165, 1.54) is 12.1 Å². The summed E-state index contributed by atoms with van der Waals surface area (Å²) in [5, 5.41) is 0. The Hall–Kier alpha value is -2.70. The lowest BCUT2D eigenvalue weighted by Gasteiger charge is -2.45. The zero-order chi connectivity index (χ0) is 23.6. The van der Waals surface area contributed by atoms with Gasteiger partial charge in [-0.25, -0.2) is 4.79 Å². The number of alkyl halides is 3. The molecule has 0 radical (unpaired) electrons. The molecule has 174 valence electrons. The smallest absolute Gasteiger partial charge is 0.416 e. The van der Waals surface area contributed by atoms with Crippen LogP contribution in [0.4, 0.5) is 18.0 Å². The van der Waals surface area contributed by atoms with Crippen LogP contribution in [-0.4, -0.2) is 29.7 Å². The average Bonchev–Trinajstić information content (AvgIpc) is 2.71. The molecule has 1 amide bonds. The van der Waals surface area contributed by atoms with Crippen LogP contribution in [-0.2, 0) is 10.9 Å². The fraction of sp³-hybridized carbons (Fsp3) is 0.480. The molecule has 32 heavy (non-hydrogen) atoms. The molecule has 7 heteroatoms. The average molecular weight is 450 g/mol. The maximum absolute atomic E-state index is 12.9. The molecule has 0 aromatic heterocycles. The van der Waals surface area contributed by atoms with E-state index in [1.54, 1.807) is 4.90 Å². The molecule has 0 N–H and O–H groups in total. The third-order valence-electron chi connectivity index (χ3n) is 5.55. The van der Waals surface area contributed by atoms with Crippen LogP contribution in [0.2, 0.25) is 0 Å². The van der Waals surface area contributed by atoms with Gasteiger partial charge in [-0.3, -0.25) is 0 Å². The number of piperidine rings is 1. The molecule has 0 spiro atoms. The Balaban J connectivity index is 1.87. The van der Waals surface area contributed by atoms with E-state index < -0.39 is 28.9 Å². The molecule has 1 fully saturated rings. The Morgan fingerprint density at radius 3 is 2.22 bits per heavy atom. The largest absolute Gasteiger partial charge is 0.485 e. The normalized spacial score (nSPS) is 20.5. The first-order chi connectivity index (χ1) is 14.9. The fourth-order valence-electron chi connectivity index (χ4n) is 4.06. The molecular formula is C25H30F3NO3. The molecule has 0 aliphatic carbocycles. The van der Waals surface area contributed by atoms with Crippen LogP contribution in [0.1, 0.15) is 57.8 Å². The van der Waals surface area contributed by atoms with Crippen LogP contribution >= 0.6 is 0 Å². The SMILES string of the molecule is CC(C)(C)OC(=O)N1CCCC(C)(C(Oc2ccc(C(F)(F)F)cc2)c2ccccc2)C1. The van der Waals surface area contributed by atoms with Gasteiger partial charge in [-0.15, -0.1) is 0 Å². The molecule has 1 heterocycles. The van der Waals surface area contributed by atoms with Crippen molar-refractivity contribution in [2.75, 3.05) is 13.1 Å². The summed E-state index contributed by atoms with van der Waals surface area (Å²) in [7, 11) is 0. The number of benzene rings is 2. The van der Waals surface area contributed by atoms with Crippen molar-refractivity contribution in [1.82, 2.24) is 4.90 Å². The highest BCUT2D eigenvalue weighted by Gasteiger charge is 2.43. The van der Waals surface area contributed by atoms with Crippen molar-refractivity contribution in [1.29, 1.82) is 0 Å². The van der Waals surface area contributed by atoms with Gasteiger partial charge in [0.05, 0.1) is 5.56 Å². The van der Waals surface area contributed by atoms with Crippen LogP contribution < -0.4 is 4.74 Å². The number of carbonyl (C=O) groups excluding carboxylic acids is 1. The molecule has 2 aromatic rings. The molecule has 1 aliphatic heterocycles. The summed E-state index contributed by atoms with van der Waals surface area (Å²) in [5.74, 6) is 0.350. The van der Waals surface area contributed by atoms with E-state index in [-0.39, 0.29) is 6.09 Å². The number of hydrogen-bond donors (Lipinski definition) is 0. The molecule has 0 saturated carbocycles. The number of nitrogens with zero attached hydrogens (tertiary/aromatic N) is 1. The minimum Gasteiger partial charge on any atom is -0.485 e. The van der Waals surface area contributed by atoms with Gasteiger partial charge in [-0.1, -0.05) is 37.3 Å². The first kappa shape index (κ1) is 24.0. The molecule has 2 aromatic carbocycles. The van der Waals surface area contributed by atoms with Crippen LogP contribution in [0.25, 0.3) is 0 Å². The highest BCUT2D eigenvalue weighted by atomic mass is 19.4. The minimum atomic E-state index is -4.40. The molecule has 0 bridgehead atoms. The van der Waals surface area contributed by atoms with Crippen LogP contribution in [0.3, 0.4) is 0 Å². The Morgan fingerprint density at radius 1 is 1.03 bits per heavy atom. The number of amides is 1. The van der Waals surface area contributed by atoms with Crippen molar-refractivity contribution >= 4 is 6.09 Å². The summed E-state index contributed by atoms with van der Waals surface area (Å²) in [6.07, 6.45) is -3.65. The summed E-state index contributed by atoms with van der Waals surface area (Å²) >= 11 is 0. The van der Waals surface area contributed by atoms with Gasteiger partial charge in [0.1, 0.15) is 17.5 Å². The number of halogens is 3. The molecule has 2 atom stereocenters. The Kier molecular flexibility index (Phi) is 6.77. The topological polar surface area (TPSA) is 38.8 Å². The lowest BCUT2D eigenvalue weighted by molar-refractivity contribution is -0.137. The monoisotopic (exact) mass is 449 g/mol. The van der Waals surface area contributed by atoms with E-state index in [4.69, 9.17) is 9.47 Å². The molecule has 4 nitrogen and oxygen atoms in total. The van der Waals surface area contributed by atoms with Crippen LogP contribution in [0.15, 0.2) is 54.6 Å². The van der Waals surface area contributed by atoms with Gasteiger partial charge in [0.25, 0.3) is 0 Å². The maximum Gasteiger partial charge on any atom is 0.416 e. The van der Waals surface area contributed by atoms with Gasteiger partial charge in [-0.05, 0) is 63.4 Å². The fourth-order valence-corrected chi connectivity index (χ4v) is 4.06. The van der Waals surface area contributed by atoms with Gasteiger partial charge in [0, 0.05) is 18.5 Å². The molecule has 1 saturated heterocycles. The lowest BCUT2D eigenvalue weighted by Crippen LogP contribution is -2.49. The minimum absolute atomic E-state index is 0.350. The van der Waals surface area contributed by atoms with E-state index in [0.717, 1.165) is 30.5 Å². The Labute approximate surface area is 187 Å². The number of carbonyl (C=O) groups is 1. The number of hydrogen-bond acceptors (Lipinski definition) is 3. The van der Waals surface area contributed by atoms with E-state index >= 15 is 0 Å². The first-order valence-corrected chi connectivity index (χ1v) is 10.7. The van der Waals surface area contributed by atoms with Crippen molar-refractivity contribution < 1.29 is 27.4 Å². The van der Waals surface area contributed by atoms with Crippen molar-refractivity contribution in [2.45, 2.75) is 58.4 Å². The standard InChI is InChI=1S/C25H30F3NO3/c1-23(2,3)32-22(30)29-16-8-15-24(4,17-29)21(18-9-6-5-7-10-18)31-20-13-11-19(12-14-20)25(26,27)28/h5-7,9-14,21H,8,15-17H2,1-4H3. The third-order valence-corrected chi connectivity index (χ3v) is 5.55. The zero-order valence-electron chi connectivity index (χ0n) is 18.9. The van der Waals surface area contributed by atoms with Crippen molar-refractivity contribution in [3.05, 3.63) is 65.7 Å². The van der Waals surface area contributed by atoms with Gasteiger partial charge in [0.15, 0.2) is 0 Å². The maximum atomic E-state index is 12.9. The van der Waals surface area contributed by atoms with Crippen LogP contribution in [0, 0.1) is 5.41 Å². The predicted octanol–water partition coefficient (Wildman–Crippen LogP) is 6.86. The van der Waals surface area contributed by atoms with E-state index in [0.29, 0.717) is 18.8 Å². The summed E-state index contributed by atoms with van der Waals surface area (Å²) in [4.78, 5) is 14.4. The van der Waals surface area contributed by atoms with E-state index in [1.807, 2.05) is 58.0 Å². The van der Waals surface area contributed by atoms with Crippen molar-refractivity contribution in [3.63, 3.8) is 0 Å². The molecule has 2 unspecified atom stereocenters. The van der Waals surface area contributed by atoms with Gasteiger partial charge < -0.3 is 14.4 Å². The lowest BCUT2D eigenvalue weighted by atomic mass is 9.74. The summed E-state index contributed by atoms with van der Waals surface area (Å²) in [6, 6.07) is 14.3. The number of ether oxygens (including phenoxy) is 2. The van der Waals surface area contributed by atoms with Gasteiger partial charge in [-0.2, -0.15) is 13.2 Å². The Bertz CT molecular complexity index is 907. The number of rotatable bonds is 4. The third kappa shape index (κ3) is 5.96. The number of likely N-dealkylation sites (tertiary alicyclic amines) is 1. The molecular weight excluding hydrogens is 419 g/mol. The van der Waals surface area contributed by atoms with E-state index in [9.17, 15) is 18.0 Å². The van der Waals surface area contributed by atoms with Gasteiger partial charge in [0.2, 0.25) is 0 Å². The predicted molar refractivity (Wildman–Crippen MR) is 116 cm³/mol. The second-order valence-electron chi connectivity index (χ2n) is 9.59. The first-order valence-electron chi connectivity index (χ1n) is 10.7. The zero-order valence-corrected chi connectivity index (χ0v) is 18.9. The summed E-state index contributed by atoms with van der Waals surface area (Å²) < 4.78 is 50.7. The highest BCUT2D eigenvalue weighted by molar-refractivity contribution is 5.68. The van der Waals surface area contributed by atoms with E-state index in [2.05, 4.69) is 0 Å². The quantitative estimate of drug-likeness (QED) is 0.512. The molecule has 3 rings (SSSR count). The summed E-state index contributed by atoms with van der Waals surface area (Å²) in [5.41, 5.74) is -0.873. The second-order valence-corrected chi connectivity index (χ2v) is 9.59. The molecule has 1 aliphatic rings.